The molecule has 22 heteroatoms. The summed E-state index contributed by atoms with van der Waals surface area (Å²) >= 11 is 0. The van der Waals surface area contributed by atoms with Gasteiger partial charge in [0.2, 0.25) is 29.5 Å². The maximum Gasteiger partial charge on any atom is 0.224 e. The fourth-order valence-corrected chi connectivity index (χ4v) is 8.74. The number of hydrogen-bond donors (Lipinski definition) is 11. The molecule has 22 nitrogen and oxygen atoms in total. The number of aliphatic hydroxyl groups is 1. The summed E-state index contributed by atoms with van der Waals surface area (Å²) in [5, 5.41) is 21.3. The number of aliphatic imine (C=N–C) groups is 2. The lowest BCUT2D eigenvalue weighted by molar-refractivity contribution is -0.136. The van der Waals surface area contributed by atoms with Gasteiger partial charge < -0.3 is 60.8 Å². The third-order valence-corrected chi connectivity index (χ3v) is 14.2. The quantitative estimate of drug-likeness (QED) is 0.0250. The molecule has 0 spiro atoms. The minimum atomic E-state index is -1.48. The van der Waals surface area contributed by atoms with Crippen LogP contribution in [0.15, 0.2) is 40.3 Å². The van der Waals surface area contributed by atoms with Crippen molar-refractivity contribution >= 4 is 64.6 Å². The highest BCUT2D eigenvalue weighted by atomic mass is 16.3. The summed E-state index contributed by atoms with van der Waals surface area (Å²) < 4.78 is 0. The molecule has 0 bridgehead atoms. The maximum absolute atomic E-state index is 14.1. The highest BCUT2D eigenvalue weighted by Gasteiger charge is 2.36. The fourth-order valence-electron chi connectivity index (χ4n) is 8.74. The van der Waals surface area contributed by atoms with Crippen LogP contribution >= 0.6 is 0 Å². The molecule has 428 valence electrons. The number of nitrogens with two attached hydrogens (primary N) is 6. The van der Waals surface area contributed by atoms with Crippen molar-refractivity contribution in [1.82, 2.24) is 21.3 Å². The summed E-state index contributed by atoms with van der Waals surface area (Å²) in [4.78, 5) is 131. The van der Waals surface area contributed by atoms with E-state index in [1.165, 1.54) is 13.8 Å². The number of nitrogens with zero attached hydrogens (tertiary/aromatic N) is 2. The van der Waals surface area contributed by atoms with Crippen molar-refractivity contribution in [2.75, 3.05) is 26.2 Å². The Morgan fingerprint density at radius 3 is 1.57 bits per heavy atom. The number of primary amides is 1. The van der Waals surface area contributed by atoms with Gasteiger partial charge in [-0.15, -0.1) is 0 Å². The van der Waals surface area contributed by atoms with Gasteiger partial charge in [0.25, 0.3) is 0 Å². The van der Waals surface area contributed by atoms with Gasteiger partial charge >= 0.3 is 0 Å². The third-order valence-electron chi connectivity index (χ3n) is 14.2. The molecule has 0 saturated heterocycles. The van der Waals surface area contributed by atoms with Crippen LogP contribution in [0.5, 0.6) is 0 Å². The number of aliphatic hydroxyl groups excluding tert-OH is 1. The molecule has 17 N–H and O–H groups in total. The van der Waals surface area contributed by atoms with E-state index in [2.05, 4.69) is 31.3 Å². The first-order valence-corrected chi connectivity index (χ1v) is 27.0. The van der Waals surface area contributed by atoms with Crippen LogP contribution in [0, 0.1) is 41.4 Å². The zero-order valence-corrected chi connectivity index (χ0v) is 46.2. The topological polar surface area (TPSA) is 403 Å². The Bertz CT molecular complexity index is 2080. The van der Waals surface area contributed by atoms with Gasteiger partial charge in [0.1, 0.15) is 6.04 Å². The van der Waals surface area contributed by atoms with Crippen LogP contribution < -0.4 is 55.7 Å². The Balaban J connectivity index is 3.23. The Hall–Kier alpha value is -6.29. The maximum atomic E-state index is 14.1. The molecule has 0 radical (unpaired) electrons. The predicted molar refractivity (Wildman–Crippen MR) is 293 cm³/mol. The van der Waals surface area contributed by atoms with Crippen LogP contribution in [0.3, 0.4) is 0 Å². The minimum absolute atomic E-state index is 0.0818. The number of rotatable bonds is 41. The molecule has 1 aromatic rings. The van der Waals surface area contributed by atoms with Gasteiger partial charge in [-0.2, -0.15) is 0 Å². The second-order valence-corrected chi connectivity index (χ2v) is 20.2. The number of Topliss-reactive ketones (excluding diaryl/α,β-unsaturated/α-hetero) is 4. The molecule has 0 aliphatic rings. The van der Waals surface area contributed by atoms with Gasteiger partial charge in [0.05, 0.1) is 24.7 Å². The molecule has 1 aromatic carbocycles. The van der Waals surface area contributed by atoms with Crippen molar-refractivity contribution in [3.8, 4) is 0 Å². The Morgan fingerprint density at radius 2 is 1.03 bits per heavy atom. The second-order valence-electron chi connectivity index (χ2n) is 20.2. The summed E-state index contributed by atoms with van der Waals surface area (Å²) in [7, 11) is 0. The van der Waals surface area contributed by atoms with E-state index < -0.39 is 102 Å². The molecule has 76 heavy (non-hydrogen) atoms. The van der Waals surface area contributed by atoms with Gasteiger partial charge in [0, 0.05) is 68.4 Å². The second kappa shape index (κ2) is 36.6. The van der Waals surface area contributed by atoms with E-state index in [0.29, 0.717) is 38.6 Å². The number of ketones is 4. The van der Waals surface area contributed by atoms with Gasteiger partial charge in [-0.1, -0.05) is 91.1 Å². The van der Waals surface area contributed by atoms with Crippen LogP contribution in [0.2, 0.25) is 0 Å². The third kappa shape index (κ3) is 25.5. The van der Waals surface area contributed by atoms with Gasteiger partial charge in [-0.3, -0.25) is 53.1 Å². The molecule has 0 aliphatic heterocycles. The molecule has 0 fully saturated rings. The molecule has 5 amide bonds. The zero-order chi connectivity index (χ0) is 57.5. The minimum Gasteiger partial charge on any atom is -0.394 e. The van der Waals surface area contributed by atoms with Gasteiger partial charge in [-0.25, -0.2) is 0 Å². The number of guanidine groups is 2. The number of hydrogen-bond acceptors (Lipinski definition) is 13. The standard InChI is InChI=1S/C54H92N12O10/c1-8-32(4)39(48(56)72)29-47(71)42(27-36-18-12-11-13-19-36)65-52(76)40(33(5)9-2)30-44(68)35(7)63-49(73)34(6)26-45(69)43(31-67)66-51(75)38(21-16-24-61-53(57)58)28-46(70)41(22-17-25-62-54(59)60)64-50(74)37(10-3)20-14-15-23-55/h11-13,18-19,32-35,37-43,67H,8-10,14-17,20-31,55H2,1-7H3,(H2,56,72)(H,63,73)(H,64,74)(H,65,76)(H,66,75)(H4,57,58,61)(H4,59,60,62)/t32-,33-,34+,35-,37-,38+,39-,40-,41-,42-,43-/m0/s1. The Labute approximate surface area is 449 Å². The van der Waals surface area contributed by atoms with E-state index in [4.69, 9.17) is 34.4 Å². The highest BCUT2D eigenvalue weighted by Crippen LogP contribution is 2.24. The Kier molecular flexibility index (Phi) is 32.7. The highest BCUT2D eigenvalue weighted by molar-refractivity contribution is 5.98. The van der Waals surface area contributed by atoms with Crippen LogP contribution in [-0.4, -0.2) is 120 Å². The first-order chi connectivity index (χ1) is 35.9. The summed E-state index contributed by atoms with van der Waals surface area (Å²) in [6, 6.07) is 4.47. The van der Waals surface area contributed by atoms with E-state index >= 15 is 0 Å². The van der Waals surface area contributed by atoms with Crippen molar-refractivity contribution in [1.29, 1.82) is 0 Å². The Morgan fingerprint density at radius 1 is 0.526 bits per heavy atom. The molecular formula is C54H92N12O10. The first kappa shape index (κ1) is 67.7. The van der Waals surface area contributed by atoms with E-state index in [1.54, 1.807) is 12.1 Å². The smallest absolute Gasteiger partial charge is 0.224 e. The summed E-state index contributed by atoms with van der Waals surface area (Å²) in [6.45, 7) is 12.1. The van der Waals surface area contributed by atoms with Crippen LogP contribution in [0.1, 0.15) is 144 Å². The zero-order valence-electron chi connectivity index (χ0n) is 46.2. The normalized spacial score (nSPS) is 15.5. The lowest BCUT2D eigenvalue weighted by atomic mass is 9.83. The summed E-state index contributed by atoms with van der Waals surface area (Å²) in [5.41, 5.74) is 34.1. The van der Waals surface area contributed by atoms with Crippen molar-refractivity contribution in [2.24, 2.45) is 85.8 Å². The van der Waals surface area contributed by atoms with Gasteiger partial charge in [0.15, 0.2) is 35.1 Å². The van der Waals surface area contributed by atoms with Crippen molar-refractivity contribution in [3.05, 3.63) is 35.9 Å². The molecule has 1 rings (SSSR count). The molecule has 0 heterocycles. The van der Waals surface area contributed by atoms with E-state index in [9.17, 15) is 48.3 Å². The predicted octanol–water partition coefficient (Wildman–Crippen LogP) is 1.34. The van der Waals surface area contributed by atoms with Crippen LogP contribution in [0.25, 0.3) is 0 Å². The van der Waals surface area contributed by atoms with Crippen molar-refractivity contribution in [2.45, 2.75) is 169 Å². The van der Waals surface area contributed by atoms with E-state index in [-0.39, 0.29) is 99.4 Å². The van der Waals surface area contributed by atoms with Crippen LogP contribution in [-0.2, 0) is 49.6 Å². The van der Waals surface area contributed by atoms with Crippen LogP contribution in [0.4, 0.5) is 0 Å². The summed E-state index contributed by atoms with van der Waals surface area (Å²) in [6.07, 6.45) is 3.38. The molecule has 0 unspecified atom stereocenters. The number of carbonyl (C=O) groups excluding carboxylic acids is 9. The van der Waals surface area contributed by atoms with Crippen molar-refractivity contribution < 1.29 is 48.3 Å². The number of benzene rings is 1. The number of unbranched alkanes of at least 4 members (excludes halogenated alkanes) is 1. The lowest BCUT2D eigenvalue weighted by Crippen LogP contribution is -2.49. The largest absolute Gasteiger partial charge is 0.394 e. The molecule has 0 aliphatic carbocycles. The molecule has 11 atom stereocenters. The van der Waals surface area contributed by atoms with Gasteiger partial charge in [-0.05, 0) is 82.2 Å². The number of carbonyl (C=O) groups is 9. The fraction of sp³-hybridized carbons (Fsp3) is 0.685. The van der Waals surface area contributed by atoms with E-state index in [0.717, 1.165) is 18.4 Å². The molecule has 0 saturated carbocycles. The lowest BCUT2D eigenvalue weighted by Gasteiger charge is -2.27. The number of nitrogens with one attached hydrogen (secondary N) is 4. The molecule has 0 aromatic heterocycles. The van der Waals surface area contributed by atoms with E-state index in [1.807, 2.05) is 52.8 Å². The SMILES string of the molecule is CC[C@@H](CCCCN)C(=O)N[C@@H](CCCN=C(N)N)C(=O)C[C@@H](CCCN=C(N)N)C(=O)N[C@@H](CO)C(=O)C[C@@H](C)C(=O)N[C@@H](C)C(=O)C[C@H](C(=O)N[C@@H](Cc1ccccc1)C(=O)C[C@H](C(N)=O)[C@@H](C)CC)[C@@H](C)CC. The van der Waals surface area contributed by atoms with Crippen molar-refractivity contribution in [3.63, 3.8) is 0 Å². The number of amides is 5. The average molecular weight is 1070 g/mol. The summed E-state index contributed by atoms with van der Waals surface area (Å²) in [5.74, 6) is -9.80. The first-order valence-electron chi connectivity index (χ1n) is 27.0. The monoisotopic (exact) mass is 1070 g/mol. The average Bonchev–Trinajstić information content (AvgIpc) is 3.38. The molecular weight excluding hydrogens is 977 g/mol.